The molecule has 0 aliphatic heterocycles. The maximum atomic E-state index is 12.0. The minimum absolute atomic E-state index is 0.000821. The van der Waals surface area contributed by atoms with Crippen molar-refractivity contribution in [2.75, 3.05) is 17.2 Å². The molecule has 0 radical (unpaired) electrons. The van der Waals surface area contributed by atoms with Crippen molar-refractivity contribution in [3.05, 3.63) is 57.6 Å². The number of hydrogen-bond acceptors (Lipinski definition) is 2. The lowest BCUT2D eigenvalue weighted by Gasteiger charge is -2.10. The van der Waals surface area contributed by atoms with Crippen molar-refractivity contribution < 1.29 is 4.79 Å². The Balaban J connectivity index is 1.83. The van der Waals surface area contributed by atoms with Gasteiger partial charge in [0.05, 0.1) is 5.69 Å². The molecule has 0 heterocycles. The second kappa shape index (κ2) is 7.45. The number of anilines is 2. The van der Waals surface area contributed by atoms with E-state index in [4.69, 9.17) is 0 Å². The summed E-state index contributed by atoms with van der Waals surface area (Å²) in [5.41, 5.74) is 5.53. The number of amides is 1. The average Bonchev–Trinajstić information content (AvgIpc) is 2.46. The molecule has 2 aromatic rings. The molecule has 0 atom stereocenters. The van der Waals surface area contributed by atoms with Gasteiger partial charge in [0.25, 0.3) is 0 Å². The van der Waals surface area contributed by atoms with E-state index in [-0.39, 0.29) is 5.91 Å². The average molecular weight is 361 g/mol. The predicted molar refractivity (Wildman–Crippen MR) is 96.5 cm³/mol. The van der Waals surface area contributed by atoms with Crippen LogP contribution in [0, 0.1) is 20.8 Å². The maximum Gasteiger partial charge on any atom is 0.226 e. The van der Waals surface area contributed by atoms with Gasteiger partial charge < -0.3 is 10.6 Å². The Hall–Kier alpha value is -1.81. The normalized spacial score (nSPS) is 10.4. The van der Waals surface area contributed by atoms with E-state index in [1.807, 2.05) is 31.2 Å². The summed E-state index contributed by atoms with van der Waals surface area (Å²) in [5, 5.41) is 6.20. The fourth-order valence-electron chi connectivity index (χ4n) is 2.11. The van der Waals surface area contributed by atoms with Crippen LogP contribution in [0.25, 0.3) is 0 Å². The highest BCUT2D eigenvalue weighted by atomic mass is 79.9. The Morgan fingerprint density at radius 1 is 1.05 bits per heavy atom. The van der Waals surface area contributed by atoms with Crippen molar-refractivity contribution in [2.24, 2.45) is 0 Å². The van der Waals surface area contributed by atoms with Gasteiger partial charge in [0, 0.05) is 23.1 Å². The largest absolute Gasteiger partial charge is 0.385 e. The van der Waals surface area contributed by atoms with Crippen molar-refractivity contribution in [1.82, 2.24) is 0 Å². The lowest BCUT2D eigenvalue weighted by Crippen LogP contribution is -2.16. The molecule has 2 aromatic carbocycles. The Labute approximate surface area is 140 Å². The summed E-state index contributed by atoms with van der Waals surface area (Å²) in [6.07, 6.45) is 0.424. The first-order valence-electron chi connectivity index (χ1n) is 7.33. The van der Waals surface area contributed by atoms with E-state index >= 15 is 0 Å². The summed E-state index contributed by atoms with van der Waals surface area (Å²) in [5.74, 6) is 0.000821. The highest BCUT2D eigenvalue weighted by Gasteiger charge is 2.05. The van der Waals surface area contributed by atoms with E-state index in [1.165, 1.54) is 11.1 Å². The van der Waals surface area contributed by atoms with Crippen LogP contribution in [0.15, 0.2) is 40.9 Å². The molecule has 4 heteroatoms. The van der Waals surface area contributed by atoms with Gasteiger partial charge in [-0.05, 0) is 77.7 Å². The zero-order valence-electron chi connectivity index (χ0n) is 13.2. The van der Waals surface area contributed by atoms with Gasteiger partial charge in [-0.15, -0.1) is 0 Å². The zero-order valence-corrected chi connectivity index (χ0v) is 14.8. The number of carbonyl (C=O) groups excluding carboxylic acids is 1. The molecule has 116 valence electrons. The van der Waals surface area contributed by atoms with Crippen LogP contribution in [-0.4, -0.2) is 12.5 Å². The molecule has 0 saturated heterocycles. The van der Waals surface area contributed by atoms with Crippen molar-refractivity contribution in [3.8, 4) is 0 Å². The lowest BCUT2D eigenvalue weighted by molar-refractivity contribution is -0.115. The first-order valence-corrected chi connectivity index (χ1v) is 8.12. The number of benzene rings is 2. The number of nitrogens with one attached hydrogen (secondary N) is 2. The van der Waals surface area contributed by atoms with Crippen LogP contribution in [0.3, 0.4) is 0 Å². The topological polar surface area (TPSA) is 41.1 Å². The first-order chi connectivity index (χ1) is 10.5. The molecule has 2 rings (SSSR count). The summed E-state index contributed by atoms with van der Waals surface area (Å²) < 4.78 is 0.906. The molecule has 0 saturated carbocycles. The van der Waals surface area contributed by atoms with Crippen molar-refractivity contribution in [3.63, 3.8) is 0 Å². The SMILES string of the molecule is Cc1ccc(NC(=O)CCNc2ccc(C)c(C)c2)c(Br)c1. The standard InChI is InChI=1S/C18H21BrN2O/c1-12-4-7-17(16(19)10-12)21-18(22)8-9-20-15-6-5-13(2)14(3)11-15/h4-7,10-11,20H,8-9H2,1-3H3,(H,21,22). The summed E-state index contributed by atoms with van der Waals surface area (Å²) in [4.78, 5) is 12.0. The lowest BCUT2D eigenvalue weighted by atomic mass is 10.1. The number of rotatable bonds is 5. The highest BCUT2D eigenvalue weighted by Crippen LogP contribution is 2.23. The number of carbonyl (C=O) groups is 1. The monoisotopic (exact) mass is 360 g/mol. The van der Waals surface area contributed by atoms with Gasteiger partial charge in [-0.3, -0.25) is 4.79 Å². The first kappa shape index (κ1) is 16.6. The van der Waals surface area contributed by atoms with Gasteiger partial charge in [-0.25, -0.2) is 0 Å². The molecular weight excluding hydrogens is 340 g/mol. The summed E-state index contributed by atoms with van der Waals surface area (Å²) >= 11 is 3.46. The molecule has 0 fully saturated rings. The Morgan fingerprint density at radius 2 is 1.82 bits per heavy atom. The zero-order chi connectivity index (χ0) is 16.1. The maximum absolute atomic E-state index is 12.0. The van der Waals surface area contributed by atoms with Crippen LogP contribution in [0.1, 0.15) is 23.1 Å². The third-order valence-corrected chi connectivity index (χ3v) is 4.24. The molecule has 2 N–H and O–H groups in total. The molecule has 0 bridgehead atoms. The Bertz CT molecular complexity index is 683. The Morgan fingerprint density at radius 3 is 2.50 bits per heavy atom. The van der Waals surface area contributed by atoms with Crippen molar-refractivity contribution >= 4 is 33.2 Å². The molecule has 1 amide bonds. The van der Waals surface area contributed by atoms with Gasteiger partial charge in [0.15, 0.2) is 0 Å². The smallest absolute Gasteiger partial charge is 0.226 e. The molecule has 0 aromatic heterocycles. The van der Waals surface area contributed by atoms with Gasteiger partial charge in [0.1, 0.15) is 0 Å². The van der Waals surface area contributed by atoms with Crippen LogP contribution >= 0.6 is 15.9 Å². The Kier molecular flexibility index (Phi) is 5.61. The highest BCUT2D eigenvalue weighted by molar-refractivity contribution is 9.10. The molecule has 3 nitrogen and oxygen atoms in total. The number of halogens is 1. The van der Waals surface area contributed by atoms with Gasteiger partial charge >= 0.3 is 0 Å². The van der Waals surface area contributed by atoms with Gasteiger partial charge in [-0.2, -0.15) is 0 Å². The molecule has 0 spiro atoms. The molecule has 0 aliphatic carbocycles. The molecule has 0 aliphatic rings. The van der Waals surface area contributed by atoms with Gasteiger partial charge in [-0.1, -0.05) is 12.1 Å². The fraction of sp³-hybridized carbons (Fsp3) is 0.278. The minimum Gasteiger partial charge on any atom is -0.385 e. The van der Waals surface area contributed by atoms with Crippen molar-refractivity contribution in [1.29, 1.82) is 0 Å². The van der Waals surface area contributed by atoms with E-state index in [9.17, 15) is 4.79 Å². The van der Waals surface area contributed by atoms with Crippen LogP contribution in [0.2, 0.25) is 0 Å². The molecule has 0 unspecified atom stereocenters. The fourth-order valence-corrected chi connectivity index (χ4v) is 2.70. The van der Waals surface area contributed by atoms with E-state index < -0.39 is 0 Å². The van der Waals surface area contributed by atoms with Crippen LogP contribution < -0.4 is 10.6 Å². The number of aryl methyl sites for hydroxylation is 3. The van der Waals surface area contributed by atoms with Crippen molar-refractivity contribution in [2.45, 2.75) is 27.2 Å². The van der Waals surface area contributed by atoms with E-state index in [0.717, 1.165) is 21.4 Å². The van der Waals surface area contributed by atoms with Gasteiger partial charge in [0.2, 0.25) is 5.91 Å². The quantitative estimate of drug-likeness (QED) is 0.802. The van der Waals surface area contributed by atoms with E-state index in [1.54, 1.807) is 0 Å². The third kappa shape index (κ3) is 4.60. The summed E-state index contributed by atoms with van der Waals surface area (Å²) in [6.45, 7) is 6.80. The van der Waals surface area contributed by atoms with Crippen LogP contribution in [-0.2, 0) is 4.79 Å². The third-order valence-electron chi connectivity index (χ3n) is 3.59. The summed E-state index contributed by atoms with van der Waals surface area (Å²) in [7, 11) is 0. The minimum atomic E-state index is 0.000821. The molecule has 22 heavy (non-hydrogen) atoms. The summed E-state index contributed by atoms with van der Waals surface area (Å²) in [6, 6.07) is 12.1. The second-order valence-corrected chi connectivity index (χ2v) is 6.36. The number of hydrogen-bond donors (Lipinski definition) is 2. The second-order valence-electron chi connectivity index (χ2n) is 5.51. The van der Waals surface area contributed by atoms with Crippen LogP contribution in [0.5, 0.6) is 0 Å². The predicted octanol–water partition coefficient (Wildman–Crippen LogP) is 4.82. The van der Waals surface area contributed by atoms with Crippen LogP contribution in [0.4, 0.5) is 11.4 Å². The van der Waals surface area contributed by atoms with E-state index in [0.29, 0.717) is 13.0 Å². The molecular formula is C18H21BrN2O. The van der Waals surface area contributed by atoms with E-state index in [2.05, 4.69) is 52.5 Å².